The maximum Gasteiger partial charge on any atom is 0.178 e. The zero-order valence-electron chi connectivity index (χ0n) is 25.2. The molecule has 220 valence electrons. The van der Waals surface area contributed by atoms with Gasteiger partial charge in [-0.25, -0.2) is 0 Å². The maximum atomic E-state index is 12.5. The summed E-state index contributed by atoms with van der Waals surface area (Å²) in [6.07, 6.45) is 21.3. The largest absolute Gasteiger partial charge is 0.493 e. The average Bonchev–Trinajstić information content (AvgIpc) is 2.98. The van der Waals surface area contributed by atoms with Gasteiger partial charge in [-0.05, 0) is 60.4 Å². The first kappa shape index (κ1) is 33.0. The highest BCUT2D eigenvalue weighted by Crippen LogP contribution is 2.30. The van der Waals surface area contributed by atoms with Crippen LogP contribution in [0.3, 0.4) is 0 Å². The number of hydrogen-bond donors (Lipinski definition) is 0. The molecule has 5 heteroatoms. The van der Waals surface area contributed by atoms with Gasteiger partial charge in [-0.3, -0.25) is 4.79 Å². The van der Waals surface area contributed by atoms with E-state index in [4.69, 9.17) is 18.9 Å². The number of ether oxygens (including phenoxy) is 4. The third-order valence-electron chi connectivity index (χ3n) is 6.77. The highest BCUT2D eigenvalue weighted by molar-refractivity contribution is 6.04. The summed E-state index contributed by atoms with van der Waals surface area (Å²) in [5.41, 5.74) is 1.75. The van der Waals surface area contributed by atoms with E-state index in [-0.39, 0.29) is 5.78 Å². The van der Waals surface area contributed by atoms with Crippen molar-refractivity contribution in [2.75, 3.05) is 27.4 Å². The van der Waals surface area contributed by atoms with Crippen molar-refractivity contribution in [1.29, 1.82) is 0 Å². The van der Waals surface area contributed by atoms with Gasteiger partial charge in [0.25, 0.3) is 0 Å². The van der Waals surface area contributed by atoms with E-state index in [2.05, 4.69) is 13.8 Å². The third-order valence-corrected chi connectivity index (χ3v) is 6.77. The highest BCUT2D eigenvalue weighted by atomic mass is 16.5. The molecule has 0 saturated carbocycles. The molecule has 5 nitrogen and oxygen atoms in total. The standard InChI is InChI=1S/C35H50O5/c1-5-7-9-11-13-15-25-39-32-23-19-29(27-34(32)37-3)17-21-31(36)22-18-30-20-24-33(35(28-30)38-4)40-26-16-14-12-10-8-6-2/h17-24,27-28H,5-16,25-26H2,1-4H3. The summed E-state index contributed by atoms with van der Waals surface area (Å²) >= 11 is 0. The molecule has 0 amide bonds. The average molecular weight is 551 g/mol. The minimum absolute atomic E-state index is 0.107. The number of ketones is 1. The lowest BCUT2D eigenvalue weighted by Gasteiger charge is -2.11. The second kappa shape index (κ2) is 20.7. The second-order valence-electron chi connectivity index (χ2n) is 10.1. The van der Waals surface area contributed by atoms with E-state index < -0.39 is 0 Å². The Morgan fingerprint density at radius 1 is 0.575 bits per heavy atom. The van der Waals surface area contributed by atoms with Gasteiger partial charge in [0.2, 0.25) is 0 Å². The maximum absolute atomic E-state index is 12.5. The predicted molar refractivity (Wildman–Crippen MR) is 167 cm³/mol. The van der Waals surface area contributed by atoms with Crippen LogP contribution in [0.25, 0.3) is 12.2 Å². The number of benzene rings is 2. The Kier molecular flexibility index (Phi) is 17.0. The van der Waals surface area contributed by atoms with Crippen LogP contribution in [0.2, 0.25) is 0 Å². The number of carbonyl (C=O) groups is 1. The second-order valence-corrected chi connectivity index (χ2v) is 10.1. The summed E-state index contributed by atoms with van der Waals surface area (Å²) < 4.78 is 22.9. The van der Waals surface area contributed by atoms with Gasteiger partial charge in [0, 0.05) is 0 Å². The van der Waals surface area contributed by atoms with Crippen LogP contribution < -0.4 is 18.9 Å². The minimum atomic E-state index is -0.107. The summed E-state index contributed by atoms with van der Waals surface area (Å²) in [6, 6.07) is 11.4. The van der Waals surface area contributed by atoms with Crippen LogP contribution in [0, 0.1) is 0 Å². The van der Waals surface area contributed by atoms with Crippen molar-refractivity contribution < 1.29 is 23.7 Å². The molecule has 0 spiro atoms. The Balaban J connectivity index is 1.84. The van der Waals surface area contributed by atoms with Gasteiger partial charge in [0.05, 0.1) is 27.4 Å². The molecule has 0 unspecified atom stereocenters. The fourth-order valence-electron chi connectivity index (χ4n) is 4.36. The number of carbonyl (C=O) groups excluding carboxylic acids is 1. The van der Waals surface area contributed by atoms with E-state index in [1.807, 2.05) is 36.4 Å². The zero-order chi connectivity index (χ0) is 28.8. The van der Waals surface area contributed by atoms with Crippen LogP contribution in [0.5, 0.6) is 23.0 Å². The Morgan fingerprint density at radius 2 is 0.975 bits per heavy atom. The van der Waals surface area contributed by atoms with Gasteiger partial charge >= 0.3 is 0 Å². The minimum Gasteiger partial charge on any atom is -0.493 e. The number of allylic oxidation sites excluding steroid dienone is 2. The van der Waals surface area contributed by atoms with Crippen molar-refractivity contribution in [2.24, 2.45) is 0 Å². The Labute approximate surface area is 242 Å². The zero-order valence-corrected chi connectivity index (χ0v) is 25.2. The van der Waals surface area contributed by atoms with Crippen LogP contribution in [-0.4, -0.2) is 33.2 Å². The van der Waals surface area contributed by atoms with Crippen molar-refractivity contribution in [1.82, 2.24) is 0 Å². The molecular weight excluding hydrogens is 500 g/mol. The van der Waals surface area contributed by atoms with E-state index in [9.17, 15) is 4.79 Å². The van der Waals surface area contributed by atoms with Crippen molar-refractivity contribution in [2.45, 2.75) is 90.9 Å². The fourth-order valence-corrected chi connectivity index (χ4v) is 4.36. The molecule has 0 aromatic heterocycles. The molecule has 0 radical (unpaired) electrons. The van der Waals surface area contributed by atoms with Gasteiger partial charge in [-0.15, -0.1) is 0 Å². The van der Waals surface area contributed by atoms with Crippen LogP contribution in [0.15, 0.2) is 48.6 Å². The summed E-state index contributed by atoms with van der Waals surface area (Å²) in [6.45, 7) is 5.81. The molecular formula is C35H50O5. The molecule has 0 bridgehead atoms. The molecule has 0 fully saturated rings. The molecule has 0 heterocycles. The van der Waals surface area contributed by atoms with Gasteiger partial charge in [0.15, 0.2) is 28.8 Å². The van der Waals surface area contributed by atoms with E-state index >= 15 is 0 Å². The monoisotopic (exact) mass is 550 g/mol. The summed E-state index contributed by atoms with van der Waals surface area (Å²) in [4.78, 5) is 12.5. The van der Waals surface area contributed by atoms with Crippen molar-refractivity contribution >= 4 is 17.9 Å². The van der Waals surface area contributed by atoms with Crippen LogP contribution in [-0.2, 0) is 4.79 Å². The number of methoxy groups -OCH3 is 2. The molecule has 2 aromatic carbocycles. The van der Waals surface area contributed by atoms with E-state index in [0.29, 0.717) is 24.7 Å². The van der Waals surface area contributed by atoms with Crippen LogP contribution in [0.1, 0.15) is 102 Å². The smallest absolute Gasteiger partial charge is 0.178 e. The topological polar surface area (TPSA) is 54.0 Å². The number of unbranched alkanes of at least 4 members (excludes halogenated alkanes) is 10. The molecule has 0 aliphatic rings. The van der Waals surface area contributed by atoms with Gasteiger partial charge in [-0.1, -0.05) is 102 Å². The first-order chi connectivity index (χ1) is 19.6. The van der Waals surface area contributed by atoms with Crippen molar-refractivity contribution in [3.05, 3.63) is 59.7 Å². The molecule has 0 aliphatic heterocycles. The molecule has 0 atom stereocenters. The SMILES string of the molecule is CCCCCCCCOc1ccc(C=CC(=O)C=Cc2ccc(OCCCCCCCC)c(OC)c2)cc1OC. The molecule has 0 N–H and O–H groups in total. The summed E-state index contributed by atoms with van der Waals surface area (Å²) in [5, 5.41) is 0. The number of rotatable bonds is 22. The number of hydrogen-bond acceptors (Lipinski definition) is 5. The van der Waals surface area contributed by atoms with E-state index in [1.54, 1.807) is 38.5 Å². The highest BCUT2D eigenvalue weighted by Gasteiger charge is 2.07. The van der Waals surface area contributed by atoms with Crippen LogP contribution in [0.4, 0.5) is 0 Å². The normalized spacial score (nSPS) is 11.3. The Bertz CT molecular complexity index is 959. The van der Waals surface area contributed by atoms with Gasteiger partial charge in [0.1, 0.15) is 0 Å². The lowest BCUT2D eigenvalue weighted by atomic mass is 10.1. The quantitative estimate of drug-likeness (QED) is 0.108. The van der Waals surface area contributed by atoms with Crippen LogP contribution >= 0.6 is 0 Å². The van der Waals surface area contributed by atoms with Crippen molar-refractivity contribution in [3.8, 4) is 23.0 Å². The molecule has 0 aliphatic carbocycles. The molecule has 2 rings (SSSR count). The molecule has 40 heavy (non-hydrogen) atoms. The summed E-state index contributed by atoms with van der Waals surface area (Å²) in [5.74, 6) is 2.69. The third kappa shape index (κ3) is 13.2. The van der Waals surface area contributed by atoms with E-state index in [0.717, 1.165) is 35.5 Å². The molecule has 0 saturated heterocycles. The first-order valence-electron chi connectivity index (χ1n) is 15.1. The first-order valence-corrected chi connectivity index (χ1v) is 15.1. The lowest BCUT2D eigenvalue weighted by molar-refractivity contribution is -0.110. The van der Waals surface area contributed by atoms with Gasteiger partial charge in [-0.2, -0.15) is 0 Å². The van der Waals surface area contributed by atoms with Gasteiger partial charge < -0.3 is 18.9 Å². The lowest BCUT2D eigenvalue weighted by Crippen LogP contribution is -1.99. The summed E-state index contributed by atoms with van der Waals surface area (Å²) in [7, 11) is 3.27. The Hall–Kier alpha value is -3.21. The predicted octanol–water partition coefficient (Wildman–Crippen LogP) is 9.48. The van der Waals surface area contributed by atoms with Crippen molar-refractivity contribution in [3.63, 3.8) is 0 Å². The fraction of sp³-hybridized carbons (Fsp3) is 0.514. The van der Waals surface area contributed by atoms with E-state index in [1.165, 1.54) is 64.2 Å². The molecule has 2 aromatic rings. The Morgan fingerprint density at radius 3 is 1.38 bits per heavy atom.